The van der Waals surface area contributed by atoms with Crippen molar-refractivity contribution in [3.05, 3.63) is 0 Å². The van der Waals surface area contributed by atoms with Crippen molar-refractivity contribution in [2.75, 3.05) is 38.2 Å². The number of nitrogens with one attached hydrogen (secondary N) is 1. The van der Waals surface area contributed by atoms with Crippen molar-refractivity contribution in [3.8, 4) is 0 Å². The minimum absolute atomic E-state index is 0.546. The lowest BCUT2D eigenvalue weighted by Crippen LogP contribution is -2.47. The molecule has 1 saturated heterocycles. The van der Waals surface area contributed by atoms with Gasteiger partial charge in [0.1, 0.15) is 0 Å². The van der Waals surface area contributed by atoms with Crippen molar-refractivity contribution in [2.24, 2.45) is 11.3 Å². The summed E-state index contributed by atoms with van der Waals surface area (Å²) in [6.07, 6.45) is 7.10. The first-order chi connectivity index (χ1) is 9.15. The maximum atomic E-state index is 3.64. The van der Waals surface area contributed by atoms with Crippen molar-refractivity contribution in [1.82, 2.24) is 10.2 Å². The lowest BCUT2D eigenvalue weighted by molar-refractivity contribution is 0.0840. The Balaban J connectivity index is 1.92. The zero-order valence-electron chi connectivity index (χ0n) is 13.1. The molecule has 19 heavy (non-hydrogen) atoms. The van der Waals surface area contributed by atoms with Crippen molar-refractivity contribution in [2.45, 2.75) is 52.0 Å². The molecule has 1 unspecified atom stereocenters. The zero-order valence-corrected chi connectivity index (χ0v) is 13.9. The van der Waals surface area contributed by atoms with Gasteiger partial charge in [-0.2, -0.15) is 11.8 Å². The van der Waals surface area contributed by atoms with E-state index in [1.165, 1.54) is 56.7 Å². The summed E-state index contributed by atoms with van der Waals surface area (Å²) in [6.45, 7) is 8.30. The molecule has 2 aliphatic rings. The summed E-state index contributed by atoms with van der Waals surface area (Å²) in [5.74, 6) is 3.67. The number of rotatable bonds is 6. The maximum Gasteiger partial charge on any atom is 0.0191 e. The first kappa shape index (κ1) is 15.7. The summed E-state index contributed by atoms with van der Waals surface area (Å²) in [5.41, 5.74) is 0.546. The lowest BCUT2D eigenvalue weighted by Gasteiger charge is -2.43. The Hall–Kier alpha value is 0.270. The molecular weight excluding hydrogens is 252 g/mol. The molecule has 1 aliphatic heterocycles. The minimum Gasteiger partial charge on any atom is -0.316 e. The summed E-state index contributed by atoms with van der Waals surface area (Å²) < 4.78 is 0. The summed E-state index contributed by atoms with van der Waals surface area (Å²) in [5, 5.41) is 3.64. The van der Waals surface area contributed by atoms with E-state index in [1.807, 2.05) is 0 Å². The zero-order chi connectivity index (χ0) is 13.7. The Labute approximate surface area is 124 Å². The third kappa shape index (κ3) is 4.37. The van der Waals surface area contributed by atoms with Gasteiger partial charge in [0.25, 0.3) is 0 Å². The van der Waals surface area contributed by atoms with Crippen LogP contribution >= 0.6 is 11.8 Å². The average molecular weight is 285 g/mol. The molecule has 0 aromatic rings. The van der Waals surface area contributed by atoms with Gasteiger partial charge in [-0.1, -0.05) is 26.7 Å². The van der Waals surface area contributed by atoms with Crippen molar-refractivity contribution >= 4 is 11.8 Å². The molecule has 2 rings (SSSR count). The first-order valence-electron chi connectivity index (χ1n) is 8.14. The van der Waals surface area contributed by atoms with Gasteiger partial charge in [-0.25, -0.2) is 0 Å². The molecule has 0 spiro atoms. The molecule has 1 aliphatic carbocycles. The highest BCUT2D eigenvalue weighted by Crippen LogP contribution is 2.39. The first-order valence-corrected chi connectivity index (χ1v) is 9.29. The fourth-order valence-electron chi connectivity index (χ4n) is 3.68. The van der Waals surface area contributed by atoms with Crippen molar-refractivity contribution in [3.63, 3.8) is 0 Å². The molecule has 2 nitrogen and oxygen atoms in total. The summed E-state index contributed by atoms with van der Waals surface area (Å²) >= 11 is 2.13. The summed E-state index contributed by atoms with van der Waals surface area (Å²) in [6, 6.07) is 0.836. The Kier molecular flexibility index (Phi) is 6.04. The van der Waals surface area contributed by atoms with E-state index in [-0.39, 0.29) is 0 Å². The standard InChI is InChI=1S/C16H32N2S/c1-4-17-12-16(8-5-14(2)6-9-16)13-18(3)15-7-10-19-11-15/h14-15,17H,4-13H2,1-3H3. The Morgan fingerprint density at radius 3 is 2.58 bits per heavy atom. The average Bonchev–Trinajstić information content (AvgIpc) is 2.94. The van der Waals surface area contributed by atoms with Crippen LogP contribution in [0.25, 0.3) is 0 Å². The quantitative estimate of drug-likeness (QED) is 0.806. The second-order valence-electron chi connectivity index (χ2n) is 6.90. The highest BCUT2D eigenvalue weighted by Gasteiger charge is 2.36. The van der Waals surface area contributed by atoms with Gasteiger partial charge in [0.05, 0.1) is 0 Å². The highest BCUT2D eigenvalue weighted by atomic mass is 32.2. The van der Waals surface area contributed by atoms with Crippen LogP contribution in [0.5, 0.6) is 0 Å². The molecule has 112 valence electrons. The van der Waals surface area contributed by atoms with E-state index in [0.717, 1.165) is 18.5 Å². The predicted octanol–water partition coefficient (Wildman–Crippen LogP) is 3.23. The molecule has 1 saturated carbocycles. The molecule has 3 heteroatoms. The number of hydrogen-bond donors (Lipinski definition) is 1. The lowest BCUT2D eigenvalue weighted by atomic mass is 9.70. The SMILES string of the molecule is CCNCC1(CN(C)C2CCSC2)CCC(C)CC1. The van der Waals surface area contributed by atoms with Gasteiger partial charge < -0.3 is 10.2 Å². The minimum atomic E-state index is 0.546. The van der Waals surface area contributed by atoms with Crippen LogP contribution in [0.1, 0.15) is 46.0 Å². The number of thioether (sulfide) groups is 1. The van der Waals surface area contributed by atoms with Crippen molar-refractivity contribution < 1.29 is 0 Å². The third-order valence-electron chi connectivity index (χ3n) is 5.20. The van der Waals surface area contributed by atoms with E-state index in [0.29, 0.717) is 5.41 Å². The molecule has 0 aromatic heterocycles. The van der Waals surface area contributed by atoms with Crippen molar-refractivity contribution in [1.29, 1.82) is 0 Å². The molecule has 0 aromatic carbocycles. The Morgan fingerprint density at radius 1 is 1.26 bits per heavy atom. The van der Waals surface area contributed by atoms with Crippen LogP contribution in [-0.4, -0.2) is 49.1 Å². The van der Waals surface area contributed by atoms with Crippen LogP contribution in [0, 0.1) is 11.3 Å². The number of nitrogens with zero attached hydrogens (tertiary/aromatic N) is 1. The molecule has 1 atom stereocenters. The van der Waals surface area contributed by atoms with Gasteiger partial charge in [0.15, 0.2) is 0 Å². The Bertz CT molecular complexity index is 250. The second kappa shape index (κ2) is 7.33. The monoisotopic (exact) mass is 284 g/mol. The molecule has 2 fully saturated rings. The normalized spacial score (nSPS) is 36.0. The highest BCUT2D eigenvalue weighted by molar-refractivity contribution is 7.99. The van der Waals surface area contributed by atoms with Crippen LogP contribution < -0.4 is 5.32 Å². The fourth-order valence-corrected chi connectivity index (χ4v) is 4.98. The second-order valence-corrected chi connectivity index (χ2v) is 8.05. The number of hydrogen-bond acceptors (Lipinski definition) is 3. The van der Waals surface area contributed by atoms with Crippen LogP contribution in [0.2, 0.25) is 0 Å². The van der Waals surface area contributed by atoms with E-state index >= 15 is 0 Å². The van der Waals surface area contributed by atoms with Crippen LogP contribution in [0.4, 0.5) is 0 Å². The van der Waals surface area contributed by atoms with E-state index < -0.39 is 0 Å². The van der Waals surface area contributed by atoms with E-state index in [4.69, 9.17) is 0 Å². The Morgan fingerprint density at radius 2 is 2.00 bits per heavy atom. The summed E-state index contributed by atoms with van der Waals surface area (Å²) in [7, 11) is 2.36. The van der Waals surface area contributed by atoms with Crippen LogP contribution in [0.3, 0.4) is 0 Å². The van der Waals surface area contributed by atoms with Gasteiger partial charge in [-0.15, -0.1) is 0 Å². The van der Waals surface area contributed by atoms with Gasteiger partial charge in [-0.05, 0) is 49.9 Å². The van der Waals surface area contributed by atoms with Gasteiger partial charge in [0, 0.05) is 24.9 Å². The van der Waals surface area contributed by atoms with Crippen LogP contribution in [-0.2, 0) is 0 Å². The predicted molar refractivity (Wildman–Crippen MR) is 87.0 cm³/mol. The van der Waals surface area contributed by atoms with Gasteiger partial charge in [0.2, 0.25) is 0 Å². The largest absolute Gasteiger partial charge is 0.316 e. The van der Waals surface area contributed by atoms with E-state index in [9.17, 15) is 0 Å². The third-order valence-corrected chi connectivity index (χ3v) is 6.34. The molecular formula is C16H32N2S. The van der Waals surface area contributed by atoms with Crippen LogP contribution in [0.15, 0.2) is 0 Å². The van der Waals surface area contributed by atoms with E-state index in [2.05, 4.69) is 42.9 Å². The van der Waals surface area contributed by atoms with Gasteiger partial charge in [-0.3, -0.25) is 0 Å². The smallest absolute Gasteiger partial charge is 0.0191 e. The van der Waals surface area contributed by atoms with Gasteiger partial charge >= 0.3 is 0 Å². The fraction of sp³-hybridized carbons (Fsp3) is 1.00. The molecule has 1 heterocycles. The molecule has 0 amide bonds. The molecule has 1 N–H and O–H groups in total. The molecule has 0 bridgehead atoms. The summed E-state index contributed by atoms with van der Waals surface area (Å²) in [4.78, 5) is 2.67. The molecule has 0 radical (unpaired) electrons. The van der Waals surface area contributed by atoms with E-state index in [1.54, 1.807) is 0 Å². The topological polar surface area (TPSA) is 15.3 Å². The maximum absolute atomic E-state index is 3.64.